The second-order valence-electron chi connectivity index (χ2n) is 12.0. The highest BCUT2D eigenvalue weighted by atomic mass is 19.1. The van der Waals surface area contributed by atoms with Gasteiger partial charge in [-0.3, -0.25) is 8.78 Å². The first kappa shape index (κ1) is 26.5. The lowest BCUT2D eigenvalue weighted by Crippen LogP contribution is -2.29. The minimum atomic E-state index is -0.128. The number of unbranched alkanes of at least 4 members (excludes halogenated alkanes) is 6. The summed E-state index contributed by atoms with van der Waals surface area (Å²) in [4.78, 5) is 0. The van der Waals surface area contributed by atoms with Gasteiger partial charge in [-0.1, -0.05) is 77.0 Å². The Morgan fingerprint density at radius 2 is 0.625 bits per heavy atom. The monoisotopic (exact) mass is 452 g/mol. The highest BCUT2D eigenvalue weighted by Gasteiger charge is 2.34. The summed E-state index contributed by atoms with van der Waals surface area (Å²) >= 11 is 0. The molecule has 0 saturated heterocycles. The lowest BCUT2D eigenvalue weighted by Gasteiger charge is -2.41. The summed E-state index contributed by atoms with van der Waals surface area (Å²) in [7, 11) is 0. The van der Waals surface area contributed by atoms with Crippen LogP contribution in [-0.2, 0) is 0 Å². The average Bonchev–Trinajstić information content (AvgIpc) is 2.85. The average molecular weight is 453 g/mol. The van der Waals surface area contributed by atoms with Gasteiger partial charge in [0.2, 0.25) is 0 Å². The summed E-state index contributed by atoms with van der Waals surface area (Å²) in [6, 6.07) is 0. The fraction of sp³-hybridized carbons (Fsp3) is 1.00. The van der Waals surface area contributed by atoms with Crippen molar-refractivity contribution in [2.75, 3.05) is 13.3 Å². The van der Waals surface area contributed by atoms with Crippen molar-refractivity contribution in [1.29, 1.82) is 0 Å². The predicted octanol–water partition coefficient (Wildman–Crippen LogP) is 10.2. The van der Waals surface area contributed by atoms with Gasteiger partial charge in [0.15, 0.2) is 0 Å². The minimum absolute atomic E-state index is 0.125. The molecule has 3 aliphatic carbocycles. The van der Waals surface area contributed by atoms with Gasteiger partial charge >= 0.3 is 0 Å². The molecule has 0 bridgehead atoms. The Hall–Kier alpha value is -0.140. The number of hydrogen-bond acceptors (Lipinski definition) is 0. The molecule has 188 valence electrons. The van der Waals surface area contributed by atoms with E-state index in [1.54, 1.807) is 0 Å². The van der Waals surface area contributed by atoms with Gasteiger partial charge in [-0.25, -0.2) is 0 Å². The maximum Gasteiger partial charge on any atom is 0.0894 e. The van der Waals surface area contributed by atoms with Gasteiger partial charge in [0, 0.05) is 0 Å². The van der Waals surface area contributed by atoms with Crippen molar-refractivity contribution >= 4 is 0 Å². The Morgan fingerprint density at radius 1 is 0.344 bits per heavy atom. The van der Waals surface area contributed by atoms with Gasteiger partial charge in [0.1, 0.15) is 0 Å². The van der Waals surface area contributed by atoms with Crippen LogP contribution in [0.4, 0.5) is 8.78 Å². The van der Waals surface area contributed by atoms with E-state index in [1.807, 2.05) is 0 Å². The minimum Gasteiger partial charge on any atom is -0.251 e. The lowest BCUT2D eigenvalue weighted by atomic mass is 9.64. The number of alkyl halides is 2. The van der Waals surface area contributed by atoms with Gasteiger partial charge in [-0.2, -0.15) is 0 Å². The van der Waals surface area contributed by atoms with Crippen molar-refractivity contribution in [2.45, 2.75) is 141 Å². The van der Waals surface area contributed by atoms with E-state index in [-0.39, 0.29) is 13.3 Å². The van der Waals surface area contributed by atoms with E-state index in [0.29, 0.717) is 0 Å². The maximum absolute atomic E-state index is 12.3. The highest BCUT2D eigenvalue weighted by molar-refractivity contribution is 4.86. The molecule has 0 radical (unpaired) electrons. The van der Waals surface area contributed by atoms with Gasteiger partial charge in [-0.15, -0.1) is 0 Å². The van der Waals surface area contributed by atoms with E-state index >= 15 is 0 Å². The van der Waals surface area contributed by atoms with Crippen molar-refractivity contribution < 1.29 is 8.78 Å². The Bertz CT molecular complexity index is 440. The molecule has 0 aromatic heterocycles. The molecule has 0 atom stereocenters. The molecule has 3 aliphatic rings. The predicted molar refractivity (Wildman–Crippen MR) is 134 cm³/mol. The number of rotatable bonds is 14. The molecule has 3 rings (SSSR count). The third-order valence-corrected chi connectivity index (χ3v) is 9.92. The van der Waals surface area contributed by atoms with E-state index in [2.05, 4.69) is 0 Å². The van der Waals surface area contributed by atoms with E-state index < -0.39 is 0 Å². The second-order valence-corrected chi connectivity index (χ2v) is 12.0. The second kappa shape index (κ2) is 15.7. The molecule has 0 aromatic rings. The Morgan fingerprint density at radius 3 is 1.00 bits per heavy atom. The van der Waals surface area contributed by atoms with Gasteiger partial charge < -0.3 is 0 Å². The highest BCUT2D eigenvalue weighted by Crippen LogP contribution is 2.46. The summed E-state index contributed by atoms with van der Waals surface area (Å²) in [5.41, 5.74) is 0. The van der Waals surface area contributed by atoms with Crippen molar-refractivity contribution in [2.24, 2.45) is 35.5 Å². The molecule has 0 aliphatic heterocycles. The zero-order valence-electron chi connectivity index (χ0n) is 21.2. The van der Waals surface area contributed by atoms with Crippen LogP contribution in [-0.4, -0.2) is 13.3 Å². The largest absolute Gasteiger partial charge is 0.251 e. The van der Waals surface area contributed by atoms with Crippen LogP contribution in [0.3, 0.4) is 0 Å². The quantitative estimate of drug-likeness (QED) is 0.230. The summed E-state index contributed by atoms with van der Waals surface area (Å²) in [5.74, 6) is 6.09. The SMILES string of the molecule is FCCCCCCCC1CCC(C2CCC(C3CCC(CCCCCF)CC3)CC2)CC1. The first-order valence-electron chi connectivity index (χ1n) is 14.9. The Labute approximate surface area is 199 Å². The maximum atomic E-state index is 12.3. The first-order valence-corrected chi connectivity index (χ1v) is 14.9. The normalized spacial score (nSPS) is 33.9. The van der Waals surface area contributed by atoms with Crippen LogP contribution in [0.5, 0.6) is 0 Å². The lowest BCUT2D eigenvalue weighted by molar-refractivity contribution is 0.102. The third kappa shape index (κ3) is 9.25. The third-order valence-electron chi connectivity index (χ3n) is 9.92. The van der Waals surface area contributed by atoms with Gasteiger partial charge in [-0.05, 0) is 99.7 Å². The van der Waals surface area contributed by atoms with Crippen LogP contribution >= 0.6 is 0 Å². The molecule has 0 nitrogen and oxygen atoms in total. The molecule has 0 amide bonds. The summed E-state index contributed by atoms with van der Waals surface area (Å²) < 4.78 is 24.4. The molecule has 0 unspecified atom stereocenters. The Balaban J connectivity index is 1.23. The first-order chi connectivity index (χ1) is 15.8. The fourth-order valence-electron chi connectivity index (χ4n) is 7.75. The van der Waals surface area contributed by atoms with Crippen LogP contribution in [0.2, 0.25) is 0 Å². The molecule has 32 heavy (non-hydrogen) atoms. The standard InChI is InChI=1S/C30H54F2/c31-23-7-3-1-2-5-9-25-11-15-27(16-12-25)29-19-21-30(22-20-29)28-17-13-26(14-18-28)10-6-4-8-24-32/h25-30H,1-24H2. The van der Waals surface area contributed by atoms with E-state index in [9.17, 15) is 8.78 Å². The van der Waals surface area contributed by atoms with Crippen molar-refractivity contribution in [3.63, 3.8) is 0 Å². The Kier molecular flexibility index (Phi) is 13.0. The topological polar surface area (TPSA) is 0 Å². The zero-order chi connectivity index (χ0) is 22.4. The molecule has 0 spiro atoms. The molecule has 0 N–H and O–H groups in total. The molecule has 0 aromatic carbocycles. The van der Waals surface area contributed by atoms with Crippen LogP contribution in [0.15, 0.2) is 0 Å². The number of halogens is 2. The van der Waals surface area contributed by atoms with Crippen LogP contribution in [0, 0.1) is 35.5 Å². The zero-order valence-corrected chi connectivity index (χ0v) is 21.2. The molecule has 3 fully saturated rings. The summed E-state index contributed by atoms with van der Waals surface area (Å²) in [6.45, 7) is -0.253. The van der Waals surface area contributed by atoms with E-state index in [4.69, 9.17) is 0 Å². The molecular weight excluding hydrogens is 398 g/mol. The van der Waals surface area contributed by atoms with E-state index in [0.717, 1.165) is 61.2 Å². The molecule has 2 heteroatoms. The van der Waals surface area contributed by atoms with Crippen molar-refractivity contribution in [3.05, 3.63) is 0 Å². The van der Waals surface area contributed by atoms with Gasteiger partial charge in [0.25, 0.3) is 0 Å². The van der Waals surface area contributed by atoms with Crippen LogP contribution < -0.4 is 0 Å². The van der Waals surface area contributed by atoms with Crippen molar-refractivity contribution in [1.82, 2.24) is 0 Å². The molecule has 0 heterocycles. The number of hydrogen-bond donors (Lipinski definition) is 0. The van der Waals surface area contributed by atoms with Crippen LogP contribution in [0.25, 0.3) is 0 Å². The molecular formula is C30H54F2. The molecule has 3 saturated carbocycles. The fourth-order valence-corrected chi connectivity index (χ4v) is 7.75. The van der Waals surface area contributed by atoms with E-state index in [1.165, 1.54) is 116 Å². The van der Waals surface area contributed by atoms with Gasteiger partial charge in [0.05, 0.1) is 13.3 Å². The van der Waals surface area contributed by atoms with Crippen LogP contribution in [0.1, 0.15) is 141 Å². The smallest absolute Gasteiger partial charge is 0.0894 e. The summed E-state index contributed by atoms with van der Waals surface area (Å²) in [6.07, 6.45) is 29.7. The van der Waals surface area contributed by atoms with Crippen molar-refractivity contribution in [3.8, 4) is 0 Å². The summed E-state index contributed by atoms with van der Waals surface area (Å²) in [5, 5.41) is 0.